The number of carbonyl (C=O) groups is 1. The molecule has 2 N–H and O–H groups in total. The third kappa shape index (κ3) is 7.40. The molecule has 0 heterocycles. The highest BCUT2D eigenvalue weighted by Crippen LogP contribution is 2.37. The van der Waals surface area contributed by atoms with Crippen LogP contribution in [0, 0.1) is 11.3 Å². The molecular formula is C22H34N2O3S. The summed E-state index contributed by atoms with van der Waals surface area (Å²) in [6, 6.07) is 7.43. The van der Waals surface area contributed by atoms with E-state index < -0.39 is 0 Å². The average Bonchev–Trinajstić information content (AvgIpc) is 2.65. The third-order valence-electron chi connectivity index (χ3n) is 5.31. The van der Waals surface area contributed by atoms with Crippen LogP contribution in [0.1, 0.15) is 63.7 Å². The van der Waals surface area contributed by atoms with Crippen LogP contribution in [0.4, 0.5) is 0 Å². The Morgan fingerprint density at radius 1 is 1.18 bits per heavy atom. The van der Waals surface area contributed by atoms with Gasteiger partial charge in [0.25, 0.3) is 5.91 Å². The first kappa shape index (κ1) is 22.6. The minimum absolute atomic E-state index is 0.226. The van der Waals surface area contributed by atoms with E-state index >= 15 is 0 Å². The van der Waals surface area contributed by atoms with Crippen LogP contribution >= 0.6 is 12.2 Å². The van der Waals surface area contributed by atoms with Crippen LogP contribution in [-0.2, 0) is 4.74 Å². The molecular weight excluding hydrogens is 372 g/mol. The largest absolute Gasteiger partial charge is 0.491 e. The smallest absolute Gasteiger partial charge is 0.257 e. The summed E-state index contributed by atoms with van der Waals surface area (Å²) < 4.78 is 10.9. The normalized spacial score (nSPS) is 19.7. The van der Waals surface area contributed by atoms with Crippen LogP contribution in [0.2, 0.25) is 0 Å². The Morgan fingerprint density at radius 2 is 1.89 bits per heavy atom. The van der Waals surface area contributed by atoms with E-state index in [-0.39, 0.29) is 5.91 Å². The van der Waals surface area contributed by atoms with Crippen molar-refractivity contribution in [2.45, 2.75) is 59.4 Å². The van der Waals surface area contributed by atoms with Crippen molar-refractivity contribution in [2.24, 2.45) is 11.3 Å². The zero-order chi connectivity index (χ0) is 20.6. The molecule has 1 saturated carbocycles. The molecule has 1 aliphatic carbocycles. The minimum atomic E-state index is -0.226. The Hall–Kier alpha value is -1.66. The molecule has 1 aromatic rings. The third-order valence-corrected chi connectivity index (χ3v) is 5.53. The highest BCUT2D eigenvalue weighted by atomic mass is 32.1. The van der Waals surface area contributed by atoms with Gasteiger partial charge in [-0.3, -0.25) is 10.1 Å². The molecule has 0 aromatic heterocycles. The monoisotopic (exact) mass is 406 g/mol. The molecule has 0 unspecified atom stereocenters. The number of ether oxygens (including phenoxy) is 2. The molecule has 5 nitrogen and oxygen atoms in total. The number of benzene rings is 1. The number of thiocarbonyl (C=S) groups is 1. The lowest BCUT2D eigenvalue weighted by molar-refractivity contribution is 0.0974. The summed E-state index contributed by atoms with van der Waals surface area (Å²) in [7, 11) is 0. The highest BCUT2D eigenvalue weighted by Gasteiger charge is 2.29. The maximum absolute atomic E-state index is 12.5. The van der Waals surface area contributed by atoms with Gasteiger partial charge in [-0.05, 0) is 74.4 Å². The van der Waals surface area contributed by atoms with E-state index in [9.17, 15) is 4.79 Å². The van der Waals surface area contributed by atoms with E-state index in [2.05, 4.69) is 31.4 Å². The maximum Gasteiger partial charge on any atom is 0.257 e. The lowest BCUT2D eigenvalue weighted by Gasteiger charge is -2.37. The topological polar surface area (TPSA) is 59.6 Å². The number of hydrogen-bond donors (Lipinski definition) is 2. The van der Waals surface area contributed by atoms with Crippen LogP contribution in [0.15, 0.2) is 24.3 Å². The lowest BCUT2D eigenvalue weighted by atomic mass is 9.71. The summed E-state index contributed by atoms with van der Waals surface area (Å²) in [5.74, 6) is 1.17. The van der Waals surface area contributed by atoms with Crippen LogP contribution in [0.5, 0.6) is 5.75 Å². The molecule has 1 amide bonds. The Labute approximate surface area is 174 Å². The van der Waals surface area contributed by atoms with Gasteiger partial charge in [0.2, 0.25) is 0 Å². The number of carbonyl (C=O) groups excluding carboxylic acids is 1. The van der Waals surface area contributed by atoms with Gasteiger partial charge >= 0.3 is 0 Å². The van der Waals surface area contributed by atoms with E-state index in [4.69, 9.17) is 21.7 Å². The second kappa shape index (κ2) is 10.8. The molecule has 0 spiro atoms. The van der Waals surface area contributed by atoms with E-state index in [0.29, 0.717) is 47.7 Å². The van der Waals surface area contributed by atoms with Crippen LogP contribution in [0.25, 0.3) is 0 Å². The van der Waals surface area contributed by atoms with Crippen LogP contribution < -0.4 is 15.4 Å². The predicted octanol–water partition coefficient (Wildman–Crippen LogP) is 4.31. The van der Waals surface area contributed by atoms with Gasteiger partial charge in [-0.1, -0.05) is 26.8 Å². The molecule has 1 aromatic carbocycles. The first-order chi connectivity index (χ1) is 13.3. The maximum atomic E-state index is 12.5. The summed E-state index contributed by atoms with van der Waals surface area (Å²) >= 11 is 5.36. The van der Waals surface area contributed by atoms with E-state index in [1.807, 2.05) is 13.0 Å². The van der Waals surface area contributed by atoms with Gasteiger partial charge in [0.1, 0.15) is 12.4 Å². The van der Waals surface area contributed by atoms with Gasteiger partial charge in [0.15, 0.2) is 5.11 Å². The summed E-state index contributed by atoms with van der Waals surface area (Å²) in [5.41, 5.74) is 0.879. The zero-order valence-electron chi connectivity index (χ0n) is 17.5. The quantitative estimate of drug-likeness (QED) is 0.522. The fourth-order valence-electron chi connectivity index (χ4n) is 3.59. The second-order valence-corrected chi connectivity index (χ2v) is 8.82. The second-order valence-electron chi connectivity index (χ2n) is 8.42. The van der Waals surface area contributed by atoms with Crippen molar-refractivity contribution in [3.05, 3.63) is 29.8 Å². The Balaban J connectivity index is 1.79. The molecule has 156 valence electrons. The summed E-state index contributed by atoms with van der Waals surface area (Å²) in [6.45, 7) is 10.5. The minimum Gasteiger partial charge on any atom is -0.491 e. The molecule has 0 aliphatic heterocycles. The van der Waals surface area contributed by atoms with Crippen molar-refractivity contribution >= 4 is 23.2 Å². The van der Waals surface area contributed by atoms with Gasteiger partial charge < -0.3 is 14.8 Å². The first-order valence-electron chi connectivity index (χ1n) is 10.2. The Kier molecular flexibility index (Phi) is 8.70. The van der Waals surface area contributed by atoms with Gasteiger partial charge in [0, 0.05) is 18.2 Å². The van der Waals surface area contributed by atoms with Crippen molar-refractivity contribution in [3.8, 4) is 5.75 Å². The van der Waals surface area contributed by atoms with Gasteiger partial charge in [0.05, 0.1) is 6.61 Å². The fraction of sp³-hybridized carbons (Fsp3) is 0.636. The molecule has 28 heavy (non-hydrogen) atoms. The summed E-state index contributed by atoms with van der Waals surface area (Å²) in [5, 5.41) is 6.49. The summed E-state index contributed by atoms with van der Waals surface area (Å²) in [6.07, 6.45) is 4.56. The van der Waals surface area contributed by atoms with Gasteiger partial charge in [-0.15, -0.1) is 0 Å². The van der Waals surface area contributed by atoms with Crippen molar-refractivity contribution in [2.75, 3.05) is 19.8 Å². The fourth-order valence-corrected chi connectivity index (χ4v) is 3.85. The van der Waals surface area contributed by atoms with Crippen molar-refractivity contribution in [1.29, 1.82) is 0 Å². The van der Waals surface area contributed by atoms with Crippen molar-refractivity contribution in [3.63, 3.8) is 0 Å². The molecule has 1 aliphatic rings. The molecule has 2 rings (SSSR count). The van der Waals surface area contributed by atoms with Crippen LogP contribution in [-0.4, -0.2) is 36.9 Å². The molecule has 0 saturated heterocycles. The molecule has 6 heteroatoms. The standard InChI is InChI=1S/C22H34N2O3S/c1-5-26-13-14-27-19-8-6-7-16(15-19)20(25)24-21(28)23-18-11-9-17(10-12-18)22(2,3)4/h6-8,15,17-18H,5,9-14H2,1-4H3,(H2,23,24,25,28). The molecule has 1 fully saturated rings. The average molecular weight is 407 g/mol. The van der Waals surface area contributed by atoms with Gasteiger partial charge in [-0.2, -0.15) is 0 Å². The van der Waals surface area contributed by atoms with Crippen LogP contribution in [0.3, 0.4) is 0 Å². The van der Waals surface area contributed by atoms with Crippen molar-refractivity contribution in [1.82, 2.24) is 10.6 Å². The van der Waals surface area contributed by atoms with E-state index in [1.54, 1.807) is 18.2 Å². The lowest BCUT2D eigenvalue weighted by Crippen LogP contribution is -2.46. The molecule has 0 atom stereocenters. The van der Waals surface area contributed by atoms with E-state index in [0.717, 1.165) is 18.8 Å². The molecule has 0 bridgehead atoms. The number of nitrogens with one attached hydrogen (secondary N) is 2. The van der Waals surface area contributed by atoms with Gasteiger partial charge in [-0.25, -0.2) is 0 Å². The number of hydrogen-bond acceptors (Lipinski definition) is 4. The first-order valence-corrected chi connectivity index (χ1v) is 10.6. The zero-order valence-corrected chi connectivity index (χ0v) is 18.4. The highest BCUT2D eigenvalue weighted by molar-refractivity contribution is 7.80. The van der Waals surface area contributed by atoms with Crippen molar-refractivity contribution < 1.29 is 14.3 Å². The Bertz CT molecular complexity index is 649. The SMILES string of the molecule is CCOCCOc1cccc(C(=O)NC(=S)NC2CCC(C(C)(C)C)CC2)c1. The number of amides is 1. The summed E-state index contributed by atoms with van der Waals surface area (Å²) in [4.78, 5) is 12.5. The number of rotatable bonds is 7. The van der Waals surface area contributed by atoms with E-state index in [1.165, 1.54) is 12.8 Å². The molecule has 0 radical (unpaired) electrons. The Morgan fingerprint density at radius 3 is 2.54 bits per heavy atom. The predicted molar refractivity (Wildman–Crippen MR) is 117 cm³/mol.